The first-order valence-corrected chi connectivity index (χ1v) is 9.01. The molecule has 2 N–H and O–H groups in total. The predicted octanol–water partition coefficient (Wildman–Crippen LogP) is 1.28. The molecule has 23 heavy (non-hydrogen) atoms. The maximum atomic E-state index is 13.8. The number of benzene rings is 1. The molecule has 1 fully saturated rings. The van der Waals surface area contributed by atoms with Gasteiger partial charge in [0.2, 0.25) is 10.0 Å². The lowest BCUT2D eigenvalue weighted by molar-refractivity contribution is 0.0590. The number of rotatable bonds is 6. The fraction of sp³-hybridized carbons (Fsp3) is 0.533. The van der Waals surface area contributed by atoms with Gasteiger partial charge in [0.05, 0.1) is 12.0 Å². The second-order valence-electron chi connectivity index (χ2n) is 5.50. The summed E-state index contributed by atoms with van der Waals surface area (Å²) >= 11 is 0. The number of hydrogen-bond donors (Lipinski definition) is 2. The first-order chi connectivity index (χ1) is 11.0. The monoisotopic (exact) mass is 344 g/mol. The number of esters is 1. The van der Waals surface area contributed by atoms with Crippen LogP contribution in [0.1, 0.15) is 29.6 Å². The summed E-state index contributed by atoms with van der Waals surface area (Å²) in [6.07, 6.45) is 2.82. The standard InChI is InChI=1S/C15H21FN2O4S/c1-22-15(19)14-12(16)5-2-6-13(14)23(20,21)18-9-7-11-4-3-8-17-10-11/h2,5-6,11,17-18H,3-4,7-10H2,1H3. The zero-order valence-electron chi connectivity index (χ0n) is 13.0. The van der Waals surface area contributed by atoms with Gasteiger partial charge in [-0.15, -0.1) is 0 Å². The molecule has 1 unspecified atom stereocenters. The summed E-state index contributed by atoms with van der Waals surface area (Å²) in [5.41, 5.74) is -0.568. The van der Waals surface area contributed by atoms with Gasteiger partial charge in [0.15, 0.2) is 0 Å². The molecule has 0 bridgehead atoms. The highest BCUT2D eigenvalue weighted by Crippen LogP contribution is 2.20. The maximum absolute atomic E-state index is 13.8. The predicted molar refractivity (Wildman–Crippen MR) is 83.1 cm³/mol. The third-order valence-electron chi connectivity index (χ3n) is 3.90. The summed E-state index contributed by atoms with van der Waals surface area (Å²) < 4.78 is 45.5. The van der Waals surface area contributed by atoms with Gasteiger partial charge < -0.3 is 10.1 Å². The summed E-state index contributed by atoms with van der Waals surface area (Å²) in [6.45, 7) is 2.11. The van der Waals surface area contributed by atoms with Gasteiger partial charge >= 0.3 is 5.97 Å². The molecule has 128 valence electrons. The molecule has 0 spiro atoms. The Balaban J connectivity index is 2.10. The van der Waals surface area contributed by atoms with Gasteiger partial charge in [-0.05, 0) is 50.4 Å². The topological polar surface area (TPSA) is 84.5 Å². The molecule has 2 rings (SSSR count). The van der Waals surface area contributed by atoms with Gasteiger partial charge in [0.1, 0.15) is 11.4 Å². The van der Waals surface area contributed by atoms with E-state index in [4.69, 9.17) is 0 Å². The molecule has 1 heterocycles. The molecule has 1 aromatic rings. The van der Waals surface area contributed by atoms with Crippen molar-refractivity contribution in [1.82, 2.24) is 10.0 Å². The highest BCUT2D eigenvalue weighted by atomic mass is 32.2. The van der Waals surface area contributed by atoms with E-state index in [2.05, 4.69) is 14.8 Å². The molecule has 1 atom stereocenters. The molecule has 0 saturated carbocycles. The van der Waals surface area contributed by atoms with Crippen molar-refractivity contribution in [3.05, 3.63) is 29.6 Å². The van der Waals surface area contributed by atoms with Crippen molar-refractivity contribution in [3.63, 3.8) is 0 Å². The Labute approximate surface area is 135 Å². The summed E-state index contributed by atoms with van der Waals surface area (Å²) in [4.78, 5) is 11.3. The lowest BCUT2D eigenvalue weighted by Crippen LogP contribution is -2.33. The largest absolute Gasteiger partial charge is 0.465 e. The van der Waals surface area contributed by atoms with E-state index >= 15 is 0 Å². The van der Waals surface area contributed by atoms with Crippen LogP contribution in [0.15, 0.2) is 23.1 Å². The molecule has 1 saturated heterocycles. The Morgan fingerprint density at radius 1 is 1.48 bits per heavy atom. The number of methoxy groups -OCH3 is 1. The molecule has 0 aliphatic carbocycles. The van der Waals surface area contributed by atoms with Crippen molar-refractivity contribution in [1.29, 1.82) is 0 Å². The van der Waals surface area contributed by atoms with Crippen LogP contribution in [0.2, 0.25) is 0 Å². The number of halogens is 1. The molecule has 0 radical (unpaired) electrons. The molecule has 0 amide bonds. The average Bonchev–Trinajstić information content (AvgIpc) is 2.54. The molecule has 1 aliphatic heterocycles. The van der Waals surface area contributed by atoms with Crippen LogP contribution >= 0.6 is 0 Å². The summed E-state index contributed by atoms with van der Waals surface area (Å²) in [5, 5.41) is 3.27. The summed E-state index contributed by atoms with van der Waals surface area (Å²) in [5.74, 6) is -1.52. The second kappa shape index (κ2) is 7.85. The van der Waals surface area contributed by atoms with E-state index in [0.29, 0.717) is 12.3 Å². The third-order valence-corrected chi connectivity index (χ3v) is 5.40. The Morgan fingerprint density at radius 3 is 2.91 bits per heavy atom. The second-order valence-corrected chi connectivity index (χ2v) is 7.24. The highest BCUT2D eigenvalue weighted by molar-refractivity contribution is 7.89. The number of sulfonamides is 1. The van der Waals surface area contributed by atoms with Crippen LogP contribution in [0.25, 0.3) is 0 Å². The fourth-order valence-electron chi connectivity index (χ4n) is 2.67. The quantitative estimate of drug-likeness (QED) is 0.760. The number of piperidine rings is 1. The number of hydrogen-bond acceptors (Lipinski definition) is 5. The molecule has 6 nitrogen and oxygen atoms in total. The van der Waals surface area contributed by atoms with Crippen LogP contribution in [-0.2, 0) is 14.8 Å². The van der Waals surface area contributed by atoms with Crippen molar-refractivity contribution in [2.45, 2.75) is 24.2 Å². The zero-order chi connectivity index (χ0) is 16.9. The lowest BCUT2D eigenvalue weighted by atomic mass is 9.96. The molecular weight excluding hydrogens is 323 g/mol. The highest BCUT2D eigenvalue weighted by Gasteiger charge is 2.26. The van der Waals surface area contributed by atoms with E-state index in [9.17, 15) is 17.6 Å². The number of carbonyl (C=O) groups is 1. The van der Waals surface area contributed by atoms with Gasteiger partial charge in [-0.1, -0.05) is 6.07 Å². The maximum Gasteiger partial charge on any atom is 0.342 e. The number of ether oxygens (including phenoxy) is 1. The average molecular weight is 344 g/mol. The molecular formula is C15H21FN2O4S. The van der Waals surface area contributed by atoms with E-state index in [1.807, 2.05) is 0 Å². The van der Waals surface area contributed by atoms with Gasteiger partial charge in [-0.2, -0.15) is 0 Å². The van der Waals surface area contributed by atoms with Crippen LogP contribution in [0.4, 0.5) is 4.39 Å². The van der Waals surface area contributed by atoms with Crippen LogP contribution in [-0.4, -0.2) is 41.1 Å². The molecule has 8 heteroatoms. The summed E-state index contributed by atoms with van der Waals surface area (Å²) in [7, 11) is -2.90. The molecule has 1 aromatic carbocycles. The van der Waals surface area contributed by atoms with Crippen LogP contribution in [0, 0.1) is 11.7 Å². The van der Waals surface area contributed by atoms with E-state index in [1.165, 1.54) is 12.1 Å². The van der Waals surface area contributed by atoms with Crippen molar-refractivity contribution in [3.8, 4) is 0 Å². The van der Waals surface area contributed by atoms with Gasteiger partial charge in [0.25, 0.3) is 0 Å². The Bertz CT molecular complexity index is 657. The zero-order valence-corrected chi connectivity index (χ0v) is 13.8. The van der Waals surface area contributed by atoms with Crippen LogP contribution in [0.3, 0.4) is 0 Å². The van der Waals surface area contributed by atoms with Crippen LogP contribution < -0.4 is 10.0 Å². The first kappa shape index (κ1) is 17.8. The fourth-order valence-corrected chi connectivity index (χ4v) is 3.92. The Morgan fingerprint density at radius 2 is 2.26 bits per heavy atom. The van der Waals surface area contributed by atoms with Gasteiger partial charge in [0, 0.05) is 6.54 Å². The molecule has 0 aromatic heterocycles. The lowest BCUT2D eigenvalue weighted by Gasteiger charge is -2.22. The number of nitrogens with one attached hydrogen (secondary N) is 2. The minimum absolute atomic E-state index is 0.242. The molecule has 1 aliphatic rings. The van der Waals surface area contributed by atoms with Gasteiger partial charge in [-0.25, -0.2) is 22.3 Å². The van der Waals surface area contributed by atoms with E-state index in [0.717, 1.165) is 39.1 Å². The number of carbonyl (C=O) groups excluding carboxylic acids is 1. The van der Waals surface area contributed by atoms with Crippen molar-refractivity contribution in [2.75, 3.05) is 26.7 Å². The first-order valence-electron chi connectivity index (χ1n) is 7.53. The summed E-state index contributed by atoms with van der Waals surface area (Å²) in [6, 6.07) is 3.47. The van der Waals surface area contributed by atoms with E-state index < -0.39 is 32.3 Å². The van der Waals surface area contributed by atoms with Crippen LogP contribution in [0.5, 0.6) is 0 Å². The van der Waals surface area contributed by atoms with Crippen molar-refractivity contribution in [2.24, 2.45) is 5.92 Å². The SMILES string of the molecule is COC(=O)c1c(F)cccc1S(=O)(=O)NCCC1CCCNC1. The minimum Gasteiger partial charge on any atom is -0.465 e. The minimum atomic E-state index is -3.98. The third kappa shape index (κ3) is 4.49. The normalized spacial score (nSPS) is 18.6. The van der Waals surface area contributed by atoms with Crippen molar-refractivity contribution < 1.29 is 22.3 Å². The van der Waals surface area contributed by atoms with Gasteiger partial charge in [-0.3, -0.25) is 0 Å². The van der Waals surface area contributed by atoms with E-state index in [-0.39, 0.29) is 6.54 Å². The van der Waals surface area contributed by atoms with E-state index in [1.54, 1.807) is 0 Å². The Hall–Kier alpha value is -1.51. The van der Waals surface area contributed by atoms with Crippen molar-refractivity contribution >= 4 is 16.0 Å². The smallest absolute Gasteiger partial charge is 0.342 e. The Kier molecular flexibility index (Phi) is 6.09.